The maximum atomic E-state index is 12.2. The number of thioether (sulfide) groups is 1. The number of aromatic nitrogens is 3. The molecule has 0 saturated carbocycles. The molecule has 128 valence electrons. The van der Waals surface area contributed by atoms with Crippen LogP contribution in [0.25, 0.3) is 0 Å². The van der Waals surface area contributed by atoms with Crippen molar-refractivity contribution in [2.75, 3.05) is 25.3 Å². The van der Waals surface area contributed by atoms with Crippen molar-refractivity contribution in [3.63, 3.8) is 0 Å². The molecular weight excluding hydrogens is 352 g/mol. The number of methoxy groups -OCH3 is 2. The predicted octanol–water partition coefficient (Wildman–Crippen LogP) is 2.87. The lowest BCUT2D eigenvalue weighted by Crippen LogP contribution is -2.15. The van der Waals surface area contributed by atoms with E-state index in [-0.39, 0.29) is 11.7 Å². The molecule has 0 saturated heterocycles. The van der Waals surface area contributed by atoms with Crippen molar-refractivity contribution in [2.24, 2.45) is 0 Å². The van der Waals surface area contributed by atoms with Crippen LogP contribution in [0.2, 0.25) is 5.02 Å². The number of carbonyl (C=O) groups excluding carboxylic acids is 1. The van der Waals surface area contributed by atoms with Crippen LogP contribution < -0.4 is 14.8 Å². The summed E-state index contributed by atoms with van der Waals surface area (Å²) in [5.74, 6) is 0.887. The molecule has 0 bridgehead atoms. The van der Waals surface area contributed by atoms with E-state index < -0.39 is 0 Å². The van der Waals surface area contributed by atoms with Crippen LogP contribution in [0, 0.1) is 0 Å². The molecule has 0 spiro atoms. The first-order chi connectivity index (χ1) is 11.6. The van der Waals surface area contributed by atoms with Gasteiger partial charge in [-0.05, 0) is 6.07 Å². The third kappa shape index (κ3) is 4.42. The van der Waals surface area contributed by atoms with Gasteiger partial charge in [0.1, 0.15) is 17.8 Å². The zero-order valence-corrected chi connectivity index (χ0v) is 14.9. The first-order valence-electron chi connectivity index (χ1n) is 6.92. The summed E-state index contributed by atoms with van der Waals surface area (Å²) in [6, 6.07) is 3.20. The Kier molecular flexibility index (Phi) is 6.51. The van der Waals surface area contributed by atoms with Gasteiger partial charge >= 0.3 is 0 Å². The highest BCUT2D eigenvalue weighted by Crippen LogP contribution is 2.36. The molecule has 0 unspecified atom stereocenters. The lowest BCUT2D eigenvalue weighted by atomic mass is 10.2. The fraction of sp³-hybridized carbons (Fsp3) is 0.267. The van der Waals surface area contributed by atoms with Gasteiger partial charge in [0.05, 0.1) is 30.7 Å². The molecule has 0 radical (unpaired) electrons. The third-order valence-corrected chi connectivity index (χ3v) is 4.26. The number of anilines is 1. The molecule has 1 aromatic heterocycles. The summed E-state index contributed by atoms with van der Waals surface area (Å²) < 4.78 is 12.2. The number of allylic oxidation sites excluding steroid dienone is 1. The van der Waals surface area contributed by atoms with E-state index in [2.05, 4.69) is 22.1 Å². The fourth-order valence-electron chi connectivity index (χ4n) is 1.89. The van der Waals surface area contributed by atoms with Crippen molar-refractivity contribution in [3.8, 4) is 11.5 Å². The second kappa shape index (κ2) is 8.60. The van der Waals surface area contributed by atoms with Gasteiger partial charge in [0.15, 0.2) is 5.16 Å². The SMILES string of the molecule is C=CCn1cnnc1SCC(=O)Nc1cc(Cl)c(OC)cc1OC. The molecule has 2 rings (SSSR count). The summed E-state index contributed by atoms with van der Waals surface area (Å²) in [4.78, 5) is 12.2. The molecule has 0 aliphatic heterocycles. The zero-order chi connectivity index (χ0) is 17.5. The molecular formula is C15H17ClN4O3S. The highest BCUT2D eigenvalue weighted by molar-refractivity contribution is 7.99. The molecule has 0 fully saturated rings. The number of ether oxygens (including phenoxy) is 2. The number of nitrogens with one attached hydrogen (secondary N) is 1. The van der Waals surface area contributed by atoms with E-state index in [0.29, 0.717) is 33.9 Å². The maximum absolute atomic E-state index is 12.2. The monoisotopic (exact) mass is 368 g/mol. The van der Waals surface area contributed by atoms with Gasteiger partial charge < -0.3 is 19.4 Å². The van der Waals surface area contributed by atoms with Crippen LogP contribution in [0.5, 0.6) is 11.5 Å². The van der Waals surface area contributed by atoms with E-state index in [4.69, 9.17) is 21.1 Å². The molecule has 24 heavy (non-hydrogen) atoms. The summed E-state index contributed by atoms with van der Waals surface area (Å²) in [7, 11) is 3.01. The Morgan fingerprint density at radius 1 is 1.42 bits per heavy atom. The molecule has 0 atom stereocenters. The van der Waals surface area contributed by atoms with E-state index in [0.717, 1.165) is 0 Å². The Balaban J connectivity index is 2.03. The Morgan fingerprint density at radius 2 is 2.17 bits per heavy atom. The molecule has 9 heteroatoms. The number of nitrogens with zero attached hydrogens (tertiary/aromatic N) is 3. The van der Waals surface area contributed by atoms with E-state index in [1.165, 1.54) is 26.0 Å². The molecule has 2 aromatic rings. The minimum absolute atomic E-state index is 0.169. The Morgan fingerprint density at radius 3 is 2.83 bits per heavy atom. The van der Waals surface area contributed by atoms with Crippen molar-refractivity contribution >= 4 is 35.0 Å². The highest BCUT2D eigenvalue weighted by Gasteiger charge is 2.14. The maximum Gasteiger partial charge on any atom is 0.234 e. The molecule has 1 aromatic carbocycles. The first-order valence-corrected chi connectivity index (χ1v) is 8.28. The summed E-state index contributed by atoms with van der Waals surface area (Å²) in [6.07, 6.45) is 3.33. The van der Waals surface area contributed by atoms with Crippen LogP contribution in [0.4, 0.5) is 5.69 Å². The van der Waals surface area contributed by atoms with Gasteiger partial charge in [0, 0.05) is 12.6 Å². The van der Waals surface area contributed by atoms with Gasteiger partial charge in [-0.2, -0.15) is 0 Å². The van der Waals surface area contributed by atoms with Gasteiger partial charge in [-0.3, -0.25) is 4.79 Å². The quantitative estimate of drug-likeness (QED) is 0.570. The standard InChI is InChI=1S/C15H17ClN4O3S/c1-4-5-20-9-17-19-15(20)24-8-14(21)18-11-6-10(16)12(22-2)7-13(11)23-3/h4,6-7,9H,1,5,8H2,2-3H3,(H,18,21). The summed E-state index contributed by atoms with van der Waals surface area (Å²) >= 11 is 7.37. The van der Waals surface area contributed by atoms with Crippen molar-refractivity contribution in [3.05, 3.63) is 36.1 Å². The lowest BCUT2D eigenvalue weighted by Gasteiger charge is -2.13. The van der Waals surface area contributed by atoms with E-state index >= 15 is 0 Å². The number of halogens is 1. The van der Waals surface area contributed by atoms with Crippen LogP contribution in [-0.2, 0) is 11.3 Å². The highest BCUT2D eigenvalue weighted by atomic mass is 35.5. The number of hydrogen-bond donors (Lipinski definition) is 1. The molecule has 0 aliphatic carbocycles. The van der Waals surface area contributed by atoms with Crippen LogP contribution in [0.15, 0.2) is 36.3 Å². The van der Waals surface area contributed by atoms with Gasteiger partial charge in [-0.1, -0.05) is 29.4 Å². The number of hydrogen-bond acceptors (Lipinski definition) is 6. The number of rotatable bonds is 8. The van der Waals surface area contributed by atoms with Crippen molar-refractivity contribution in [1.82, 2.24) is 14.8 Å². The van der Waals surface area contributed by atoms with E-state index in [9.17, 15) is 4.79 Å². The van der Waals surface area contributed by atoms with Crippen molar-refractivity contribution in [1.29, 1.82) is 0 Å². The topological polar surface area (TPSA) is 78.3 Å². The Hall–Kier alpha value is -2.19. The van der Waals surface area contributed by atoms with Gasteiger partial charge in [-0.15, -0.1) is 16.8 Å². The summed E-state index contributed by atoms with van der Waals surface area (Å²) in [6.45, 7) is 4.25. The number of benzene rings is 1. The largest absolute Gasteiger partial charge is 0.495 e. The van der Waals surface area contributed by atoms with Gasteiger partial charge in [0.25, 0.3) is 0 Å². The van der Waals surface area contributed by atoms with E-state index in [1.807, 2.05) is 0 Å². The molecule has 1 heterocycles. The average molecular weight is 369 g/mol. The Bertz CT molecular complexity index is 736. The molecule has 1 N–H and O–H groups in total. The summed E-state index contributed by atoms with van der Waals surface area (Å²) in [5.41, 5.74) is 0.474. The third-order valence-electron chi connectivity index (χ3n) is 2.99. The smallest absolute Gasteiger partial charge is 0.234 e. The van der Waals surface area contributed by atoms with Gasteiger partial charge in [-0.25, -0.2) is 0 Å². The number of amides is 1. The lowest BCUT2D eigenvalue weighted by molar-refractivity contribution is -0.113. The fourth-order valence-corrected chi connectivity index (χ4v) is 2.86. The molecule has 7 nitrogen and oxygen atoms in total. The second-order valence-electron chi connectivity index (χ2n) is 4.58. The minimum Gasteiger partial charge on any atom is -0.495 e. The summed E-state index contributed by atoms with van der Waals surface area (Å²) in [5, 5.41) is 11.6. The number of carbonyl (C=O) groups is 1. The average Bonchev–Trinajstić information content (AvgIpc) is 3.01. The van der Waals surface area contributed by atoms with E-state index in [1.54, 1.807) is 29.1 Å². The first kappa shape index (κ1) is 18.2. The van der Waals surface area contributed by atoms with Crippen molar-refractivity contribution in [2.45, 2.75) is 11.7 Å². The zero-order valence-electron chi connectivity index (χ0n) is 13.3. The predicted molar refractivity (Wildman–Crippen MR) is 94.1 cm³/mol. The molecule has 1 amide bonds. The van der Waals surface area contributed by atoms with Crippen LogP contribution >= 0.6 is 23.4 Å². The van der Waals surface area contributed by atoms with Crippen LogP contribution in [0.3, 0.4) is 0 Å². The Labute approximate surface area is 149 Å². The molecule has 0 aliphatic rings. The van der Waals surface area contributed by atoms with Gasteiger partial charge in [0.2, 0.25) is 5.91 Å². The van der Waals surface area contributed by atoms with Crippen LogP contribution in [0.1, 0.15) is 0 Å². The van der Waals surface area contributed by atoms with Crippen LogP contribution in [-0.4, -0.2) is 40.6 Å². The normalized spacial score (nSPS) is 10.3. The second-order valence-corrected chi connectivity index (χ2v) is 5.93. The van der Waals surface area contributed by atoms with Crippen molar-refractivity contribution < 1.29 is 14.3 Å². The minimum atomic E-state index is -0.215.